The van der Waals surface area contributed by atoms with E-state index in [2.05, 4.69) is 35.9 Å². The highest BCUT2D eigenvalue weighted by atomic mass is 16.2. The fourth-order valence-electron chi connectivity index (χ4n) is 3.61. The Labute approximate surface area is 159 Å². The van der Waals surface area contributed by atoms with Gasteiger partial charge in [0.15, 0.2) is 0 Å². The molecule has 6 nitrogen and oxygen atoms in total. The van der Waals surface area contributed by atoms with Crippen LogP contribution in [0.5, 0.6) is 0 Å². The highest BCUT2D eigenvalue weighted by molar-refractivity contribution is 5.82. The minimum absolute atomic E-state index is 0.103. The Morgan fingerprint density at radius 3 is 2.08 bits per heavy atom. The summed E-state index contributed by atoms with van der Waals surface area (Å²) in [6.07, 6.45) is 5.69. The molecule has 2 saturated heterocycles. The molecule has 1 atom stereocenters. The molecule has 0 bridgehead atoms. The van der Waals surface area contributed by atoms with Crippen molar-refractivity contribution in [2.75, 3.05) is 45.8 Å². The second-order valence-electron chi connectivity index (χ2n) is 8.51. The molecule has 1 unspecified atom stereocenters. The van der Waals surface area contributed by atoms with E-state index in [0.717, 1.165) is 58.5 Å². The highest BCUT2D eigenvalue weighted by Crippen LogP contribution is 2.13. The van der Waals surface area contributed by atoms with Gasteiger partial charge in [-0.05, 0) is 40.0 Å². The second kappa shape index (κ2) is 9.70. The van der Waals surface area contributed by atoms with E-state index in [-0.39, 0.29) is 23.4 Å². The molecule has 2 aliphatic heterocycles. The highest BCUT2D eigenvalue weighted by Gasteiger charge is 2.29. The van der Waals surface area contributed by atoms with Crippen LogP contribution in [0.25, 0.3) is 0 Å². The van der Waals surface area contributed by atoms with E-state index < -0.39 is 0 Å². The van der Waals surface area contributed by atoms with Crippen LogP contribution in [-0.2, 0) is 9.59 Å². The van der Waals surface area contributed by atoms with Gasteiger partial charge in [-0.1, -0.05) is 19.8 Å². The zero-order chi connectivity index (χ0) is 19.2. The summed E-state index contributed by atoms with van der Waals surface area (Å²) in [4.78, 5) is 31.5. The third-order valence-corrected chi connectivity index (χ3v) is 6.00. The molecule has 0 saturated carbocycles. The molecule has 0 aliphatic carbocycles. The van der Waals surface area contributed by atoms with Crippen molar-refractivity contribution < 1.29 is 9.59 Å². The lowest BCUT2D eigenvalue weighted by atomic mass is 10.0. The first-order valence-corrected chi connectivity index (χ1v) is 10.4. The fourth-order valence-corrected chi connectivity index (χ4v) is 3.61. The Hall–Kier alpha value is -1.14. The number of nitrogens with zero attached hydrogens (tertiary/aromatic N) is 3. The molecule has 0 aromatic rings. The predicted molar refractivity (Wildman–Crippen MR) is 105 cm³/mol. The summed E-state index contributed by atoms with van der Waals surface area (Å²) < 4.78 is 0. The lowest BCUT2D eigenvalue weighted by Gasteiger charge is -2.38. The van der Waals surface area contributed by atoms with Crippen molar-refractivity contribution in [3.63, 3.8) is 0 Å². The lowest BCUT2D eigenvalue weighted by Crippen LogP contribution is -2.57. The van der Waals surface area contributed by atoms with Crippen LogP contribution >= 0.6 is 0 Å². The Balaban J connectivity index is 1.75. The van der Waals surface area contributed by atoms with E-state index >= 15 is 0 Å². The third kappa shape index (κ3) is 6.23. The summed E-state index contributed by atoms with van der Waals surface area (Å²) >= 11 is 0. The number of rotatable bonds is 6. The topological polar surface area (TPSA) is 55.9 Å². The fraction of sp³-hybridized carbons (Fsp3) is 0.900. The van der Waals surface area contributed by atoms with Crippen LogP contribution in [0, 0.1) is 0 Å². The van der Waals surface area contributed by atoms with Gasteiger partial charge in [0, 0.05) is 44.8 Å². The van der Waals surface area contributed by atoms with Crippen molar-refractivity contribution >= 4 is 11.8 Å². The molecule has 0 aromatic carbocycles. The summed E-state index contributed by atoms with van der Waals surface area (Å²) in [5.74, 6) is 0.377. The summed E-state index contributed by atoms with van der Waals surface area (Å²) in [5.41, 5.74) is -0.160. The van der Waals surface area contributed by atoms with Crippen molar-refractivity contribution in [2.45, 2.75) is 71.4 Å². The van der Waals surface area contributed by atoms with Crippen molar-refractivity contribution in [3.8, 4) is 0 Å². The Morgan fingerprint density at radius 2 is 1.54 bits per heavy atom. The van der Waals surface area contributed by atoms with Crippen molar-refractivity contribution in [1.82, 2.24) is 20.0 Å². The van der Waals surface area contributed by atoms with Crippen LogP contribution in [0.1, 0.15) is 59.8 Å². The molecule has 2 fully saturated rings. The summed E-state index contributed by atoms with van der Waals surface area (Å²) in [6, 6.07) is -0.121. The van der Waals surface area contributed by atoms with Gasteiger partial charge in [0.25, 0.3) is 0 Å². The van der Waals surface area contributed by atoms with Crippen LogP contribution in [-0.4, -0.2) is 83.9 Å². The number of hydrogen-bond donors (Lipinski definition) is 1. The predicted octanol–water partition coefficient (Wildman–Crippen LogP) is 1.70. The van der Waals surface area contributed by atoms with E-state index in [1.807, 2.05) is 11.8 Å². The van der Waals surface area contributed by atoms with Gasteiger partial charge in [-0.15, -0.1) is 0 Å². The molecule has 2 aliphatic rings. The SMILES string of the molecule is CCC(C)(C)NC(=O)C(C)N1CCN(CC(=O)N2CCCCCC2)CC1. The second-order valence-corrected chi connectivity index (χ2v) is 8.51. The Kier molecular flexibility index (Phi) is 7.89. The first-order chi connectivity index (χ1) is 12.3. The van der Waals surface area contributed by atoms with Crippen LogP contribution in [0.4, 0.5) is 0 Å². The summed E-state index contributed by atoms with van der Waals surface area (Å²) in [6.45, 7) is 14.0. The number of hydrogen-bond acceptors (Lipinski definition) is 4. The molecule has 0 radical (unpaired) electrons. The van der Waals surface area contributed by atoms with E-state index in [9.17, 15) is 9.59 Å². The summed E-state index contributed by atoms with van der Waals surface area (Å²) in [7, 11) is 0. The lowest BCUT2D eigenvalue weighted by molar-refractivity contribution is -0.134. The number of amides is 2. The molecular formula is C20H38N4O2. The normalized spacial score (nSPS) is 21.9. The molecular weight excluding hydrogens is 328 g/mol. The molecule has 26 heavy (non-hydrogen) atoms. The molecule has 1 N–H and O–H groups in total. The molecule has 150 valence electrons. The number of likely N-dealkylation sites (tertiary alicyclic amines) is 1. The monoisotopic (exact) mass is 366 g/mol. The number of piperazine rings is 1. The van der Waals surface area contributed by atoms with Crippen molar-refractivity contribution in [3.05, 3.63) is 0 Å². The first kappa shape index (κ1) is 21.2. The van der Waals surface area contributed by atoms with E-state index in [4.69, 9.17) is 0 Å². The van der Waals surface area contributed by atoms with Gasteiger partial charge in [-0.2, -0.15) is 0 Å². The number of carbonyl (C=O) groups is 2. The Morgan fingerprint density at radius 1 is 0.962 bits per heavy atom. The number of nitrogens with one attached hydrogen (secondary N) is 1. The largest absolute Gasteiger partial charge is 0.350 e. The quantitative estimate of drug-likeness (QED) is 0.777. The van der Waals surface area contributed by atoms with Crippen LogP contribution in [0.3, 0.4) is 0 Å². The average Bonchev–Trinajstić information content (AvgIpc) is 2.91. The van der Waals surface area contributed by atoms with Gasteiger partial charge in [-0.3, -0.25) is 19.4 Å². The maximum Gasteiger partial charge on any atom is 0.237 e. The molecule has 6 heteroatoms. The zero-order valence-corrected chi connectivity index (χ0v) is 17.2. The van der Waals surface area contributed by atoms with Crippen molar-refractivity contribution in [2.24, 2.45) is 0 Å². The van der Waals surface area contributed by atoms with E-state index in [1.54, 1.807) is 0 Å². The standard InChI is InChI=1S/C20H38N4O2/c1-5-20(3,4)21-19(26)17(2)23-14-12-22(13-15-23)16-18(25)24-10-8-6-7-9-11-24/h17H,5-16H2,1-4H3,(H,21,26). The summed E-state index contributed by atoms with van der Waals surface area (Å²) in [5, 5.41) is 3.14. The maximum atomic E-state index is 12.5. The molecule has 0 spiro atoms. The Bertz CT molecular complexity index is 464. The first-order valence-electron chi connectivity index (χ1n) is 10.4. The molecule has 2 rings (SSSR count). The molecule has 0 aromatic heterocycles. The average molecular weight is 367 g/mol. The van der Waals surface area contributed by atoms with Crippen LogP contribution in [0.2, 0.25) is 0 Å². The molecule has 2 amide bonds. The molecule has 2 heterocycles. The van der Waals surface area contributed by atoms with Crippen molar-refractivity contribution in [1.29, 1.82) is 0 Å². The number of carbonyl (C=O) groups excluding carboxylic acids is 2. The smallest absolute Gasteiger partial charge is 0.237 e. The maximum absolute atomic E-state index is 12.5. The van der Waals surface area contributed by atoms with Gasteiger partial charge in [0.05, 0.1) is 12.6 Å². The van der Waals surface area contributed by atoms with Gasteiger partial charge in [0.1, 0.15) is 0 Å². The minimum Gasteiger partial charge on any atom is -0.350 e. The van der Waals surface area contributed by atoms with Gasteiger partial charge < -0.3 is 10.2 Å². The van der Waals surface area contributed by atoms with E-state index in [1.165, 1.54) is 12.8 Å². The third-order valence-electron chi connectivity index (χ3n) is 6.00. The van der Waals surface area contributed by atoms with Crippen LogP contribution < -0.4 is 5.32 Å². The minimum atomic E-state index is -0.160. The zero-order valence-electron chi connectivity index (χ0n) is 17.2. The van der Waals surface area contributed by atoms with E-state index in [0.29, 0.717) is 6.54 Å². The van der Waals surface area contributed by atoms with Crippen LogP contribution in [0.15, 0.2) is 0 Å². The van der Waals surface area contributed by atoms with Gasteiger partial charge >= 0.3 is 0 Å². The van der Waals surface area contributed by atoms with Gasteiger partial charge in [-0.25, -0.2) is 0 Å². The van der Waals surface area contributed by atoms with Gasteiger partial charge in [0.2, 0.25) is 11.8 Å².